The average molecular weight is 662 g/mol. The number of terminal acetylenes is 1. The van der Waals surface area contributed by atoms with Crippen molar-refractivity contribution in [3.63, 3.8) is 0 Å². The highest BCUT2D eigenvalue weighted by Gasteiger charge is 2.50. The number of β-amino-alcohol motifs (C(OH)–C–C–N with tert-alkyl or cyclic N) is 1. The molecule has 4 atom stereocenters. The van der Waals surface area contributed by atoms with Crippen molar-refractivity contribution in [2.45, 2.75) is 63.3 Å². The molecule has 1 saturated carbocycles. The molecule has 0 spiro atoms. The molecule has 48 heavy (non-hydrogen) atoms. The number of rotatable bonds is 6. The molecule has 9 nitrogen and oxygen atoms in total. The molecule has 4 heterocycles. The molecular formula is C36H38F3N5O4. The largest absolute Gasteiger partial charge is 0.508 e. The average Bonchev–Trinajstić information content (AvgIpc) is 3.47. The highest BCUT2D eigenvalue weighted by Crippen LogP contribution is 2.49. The maximum absolute atomic E-state index is 17.0. The third kappa shape index (κ3) is 5.43. The molecule has 2 aromatic carbocycles. The van der Waals surface area contributed by atoms with Crippen LogP contribution < -0.4 is 14.4 Å². The molecule has 3 aliphatic rings. The minimum absolute atomic E-state index is 0.0213. The van der Waals surface area contributed by atoms with Gasteiger partial charge in [0.25, 0.3) is 0 Å². The number of nitrogens with zero attached hydrogens (tertiary/aromatic N) is 5. The molecule has 2 aliphatic heterocycles. The fourth-order valence-corrected chi connectivity index (χ4v) is 8.30. The van der Waals surface area contributed by atoms with Crippen LogP contribution in [0.2, 0.25) is 0 Å². The van der Waals surface area contributed by atoms with Gasteiger partial charge in [-0.2, -0.15) is 9.97 Å². The zero-order chi connectivity index (χ0) is 34.0. The van der Waals surface area contributed by atoms with Crippen molar-refractivity contribution < 1.29 is 32.9 Å². The molecule has 2 N–H and O–H groups in total. The maximum Gasteiger partial charge on any atom is 0.319 e. The standard InChI is InChI=1S/C36H38F3N5O4/c1-5-23-25(38)10-9-20-14-22(45)15-24(27(20)23)30-29(39)31-28(33(40-30)47-4)32(44-13-7-11-35(2,46)18-44)42-34(41-31)48-19-36-12-6-8-26(36)43(3)17-21(37)16-36/h1,9-10,14-15,21,26,45-46H,6-8,11-13,16-19H2,2-4H3/t21-,26+,35+,36+/m0/s1. The summed E-state index contributed by atoms with van der Waals surface area (Å²) in [6, 6.07) is 5.34. The second-order valence-electron chi connectivity index (χ2n) is 13.8. The third-order valence-electron chi connectivity index (χ3n) is 10.3. The topological polar surface area (TPSA) is 104 Å². The van der Waals surface area contributed by atoms with Gasteiger partial charge in [0.15, 0.2) is 5.82 Å². The van der Waals surface area contributed by atoms with Crippen LogP contribution in [0.4, 0.5) is 19.0 Å². The number of hydrogen-bond donors (Lipinski definition) is 2. The van der Waals surface area contributed by atoms with Gasteiger partial charge in [0.1, 0.15) is 40.2 Å². The summed E-state index contributed by atoms with van der Waals surface area (Å²) in [7, 11) is 3.31. The van der Waals surface area contributed by atoms with Gasteiger partial charge in [-0.1, -0.05) is 18.4 Å². The van der Waals surface area contributed by atoms with Crippen LogP contribution in [0.25, 0.3) is 32.9 Å². The lowest BCUT2D eigenvalue weighted by Crippen LogP contribution is -2.54. The van der Waals surface area contributed by atoms with E-state index in [1.165, 1.54) is 31.4 Å². The SMILES string of the molecule is C#Cc1c(F)ccc2cc(O)cc(-c3nc(OC)c4c(N5CCC[C@@](C)(O)C5)nc(OC[C@]56CCC[C@H]5N(C)C[C@@H](F)C6)nc4c3F)c12. The van der Waals surface area contributed by atoms with Crippen molar-refractivity contribution in [1.29, 1.82) is 0 Å². The fraction of sp³-hybridized carbons (Fsp3) is 0.472. The molecule has 12 heteroatoms. The van der Waals surface area contributed by atoms with Gasteiger partial charge in [0.2, 0.25) is 5.88 Å². The van der Waals surface area contributed by atoms with E-state index in [9.17, 15) is 19.0 Å². The Hall–Kier alpha value is -4.34. The number of piperidine rings is 2. The van der Waals surface area contributed by atoms with E-state index in [1.54, 1.807) is 6.92 Å². The summed E-state index contributed by atoms with van der Waals surface area (Å²) in [6.07, 6.45) is 8.93. The van der Waals surface area contributed by atoms with Crippen molar-refractivity contribution in [2.24, 2.45) is 5.41 Å². The molecule has 3 fully saturated rings. The number of anilines is 1. The number of phenolic OH excluding ortho intramolecular Hbond substituents is 1. The Bertz CT molecular complexity index is 1970. The number of aromatic nitrogens is 3. The molecule has 0 amide bonds. The monoisotopic (exact) mass is 661 g/mol. The lowest BCUT2D eigenvalue weighted by molar-refractivity contribution is -0.0244. The summed E-state index contributed by atoms with van der Waals surface area (Å²) in [5.41, 5.74) is -2.00. The van der Waals surface area contributed by atoms with Gasteiger partial charge in [0, 0.05) is 42.0 Å². The van der Waals surface area contributed by atoms with E-state index in [-0.39, 0.29) is 75.8 Å². The van der Waals surface area contributed by atoms with Gasteiger partial charge >= 0.3 is 6.01 Å². The Kier molecular flexibility index (Phi) is 8.03. The highest BCUT2D eigenvalue weighted by atomic mass is 19.1. The lowest BCUT2D eigenvalue weighted by Gasteiger charge is -2.45. The highest BCUT2D eigenvalue weighted by molar-refractivity contribution is 6.04. The molecule has 2 saturated heterocycles. The predicted molar refractivity (Wildman–Crippen MR) is 176 cm³/mol. The number of halogens is 3. The Morgan fingerprint density at radius 2 is 1.94 bits per heavy atom. The number of ether oxygens (including phenoxy) is 2. The van der Waals surface area contributed by atoms with Gasteiger partial charge in [-0.05, 0) is 69.7 Å². The number of aliphatic hydroxyl groups is 1. The summed E-state index contributed by atoms with van der Waals surface area (Å²) in [6.45, 7) is 2.96. The van der Waals surface area contributed by atoms with Crippen LogP contribution in [0.3, 0.4) is 0 Å². The molecule has 0 unspecified atom stereocenters. The summed E-state index contributed by atoms with van der Waals surface area (Å²) < 4.78 is 58.9. The van der Waals surface area contributed by atoms with Crippen molar-refractivity contribution in [3.8, 4) is 41.2 Å². The second kappa shape index (κ2) is 12.0. The van der Waals surface area contributed by atoms with Crippen molar-refractivity contribution in [1.82, 2.24) is 19.9 Å². The van der Waals surface area contributed by atoms with Crippen LogP contribution in [0.5, 0.6) is 17.6 Å². The van der Waals surface area contributed by atoms with Crippen molar-refractivity contribution in [3.05, 3.63) is 41.5 Å². The van der Waals surface area contributed by atoms with Gasteiger partial charge in [-0.3, -0.25) is 4.90 Å². The second-order valence-corrected chi connectivity index (χ2v) is 13.8. The molecule has 252 valence electrons. The Morgan fingerprint density at radius 1 is 1.12 bits per heavy atom. The lowest BCUT2D eigenvalue weighted by atomic mass is 9.75. The van der Waals surface area contributed by atoms with Crippen LogP contribution in [-0.2, 0) is 0 Å². The van der Waals surface area contributed by atoms with E-state index in [4.69, 9.17) is 20.9 Å². The number of aromatic hydroxyl groups is 1. The first-order valence-electron chi connectivity index (χ1n) is 16.3. The van der Waals surface area contributed by atoms with E-state index in [2.05, 4.69) is 20.8 Å². The molecule has 0 bridgehead atoms. The summed E-state index contributed by atoms with van der Waals surface area (Å²) in [5.74, 6) is 0.820. The van der Waals surface area contributed by atoms with Crippen LogP contribution in [0.1, 0.15) is 51.0 Å². The van der Waals surface area contributed by atoms with Crippen LogP contribution >= 0.6 is 0 Å². The maximum atomic E-state index is 17.0. The first-order chi connectivity index (χ1) is 22.9. The van der Waals surface area contributed by atoms with Crippen molar-refractivity contribution in [2.75, 3.05) is 45.3 Å². The summed E-state index contributed by atoms with van der Waals surface area (Å²) in [5, 5.41) is 22.3. The van der Waals surface area contributed by atoms with E-state index in [1.807, 2.05) is 11.9 Å². The molecule has 4 aromatic rings. The quantitative estimate of drug-likeness (QED) is 0.250. The molecule has 2 aromatic heterocycles. The van der Waals surface area contributed by atoms with E-state index in [0.717, 1.165) is 19.3 Å². The first-order valence-corrected chi connectivity index (χ1v) is 16.3. The van der Waals surface area contributed by atoms with Crippen LogP contribution in [0, 0.1) is 29.4 Å². The number of methoxy groups -OCH3 is 1. The Labute approximate surface area is 276 Å². The van der Waals surface area contributed by atoms with E-state index < -0.39 is 28.8 Å². The third-order valence-corrected chi connectivity index (χ3v) is 10.3. The van der Waals surface area contributed by atoms with E-state index >= 15 is 4.39 Å². The van der Waals surface area contributed by atoms with Gasteiger partial charge in [-0.15, -0.1) is 6.42 Å². The molecule has 7 rings (SSSR count). The van der Waals surface area contributed by atoms with Gasteiger partial charge in [0.05, 0.1) is 24.9 Å². The number of benzene rings is 2. The first kappa shape index (κ1) is 32.2. The van der Waals surface area contributed by atoms with Crippen LogP contribution in [-0.4, -0.2) is 88.3 Å². The zero-order valence-corrected chi connectivity index (χ0v) is 27.2. The minimum Gasteiger partial charge on any atom is -0.508 e. The number of hydrogen-bond acceptors (Lipinski definition) is 9. The van der Waals surface area contributed by atoms with Gasteiger partial charge < -0.3 is 24.6 Å². The summed E-state index contributed by atoms with van der Waals surface area (Å²) in [4.78, 5) is 17.7. The van der Waals surface area contributed by atoms with Crippen molar-refractivity contribution >= 4 is 27.5 Å². The number of alkyl halides is 1. The number of fused-ring (bicyclic) bond motifs is 3. The summed E-state index contributed by atoms with van der Waals surface area (Å²) >= 11 is 0. The van der Waals surface area contributed by atoms with Crippen LogP contribution in [0.15, 0.2) is 24.3 Å². The number of likely N-dealkylation sites (tertiary alicyclic amines) is 1. The van der Waals surface area contributed by atoms with E-state index in [0.29, 0.717) is 37.7 Å². The fourth-order valence-electron chi connectivity index (χ4n) is 8.30. The Morgan fingerprint density at radius 3 is 2.69 bits per heavy atom. The molecular weight excluding hydrogens is 623 g/mol. The number of pyridine rings is 1. The number of phenols is 1. The molecule has 0 radical (unpaired) electrons. The Balaban J connectivity index is 1.43. The normalized spacial score (nSPS) is 26.1. The minimum atomic E-state index is -1.04. The smallest absolute Gasteiger partial charge is 0.319 e. The van der Waals surface area contributed by atoms with Gasteiger partial charge in [-0.25, -0.2) is 18.2 Å². The zero-order valence-electron chi connectivity index (χ0n) is 27.2. The predicted octanol–water partition coefficient (Wildman–Crippen LogP) is 5.76. The molecule has 1 aliphatic carbocycles.